The number of nitrogens with zero attached hydrogens (tertiary/aromatic N) is 2. The van der Waals surface area contributed by atoms with Crippen LogP contribution in [0.25, 0.3) is 0 Å². The third-order valence-electron chi connectivity index (χ3n) is 4.38. The predicted molar refractivity (Wildman–Crippen MR) is 86.1 cm³/mol. The van der Waals surface area contributed by atoms with E-state index in [2.05, 4.69) is 44.7 Å². The van der Waals surface area contributed by atoms with Gasteiger partial charge in [-0.3, -0.25) is 0 Å². The van der Waals surface area contributed by atoms with Crippen molar-refractivity contribution in [3.8, 4) is 0 Å². The van der Waals surface area contributed by atoms with Crippen LogP contribution in [0.15, 0.2) is 12.1 Å². The third-order valence-corrected chi connectivity index (χ3v) is 4.38. The van der Waals surface area contributed by atoms with Crippen molar-refractivity contribution in [2.45, 2.75) is 59.4 Å². The highest BCUT2D eigenvalue weighted by Crippen LogP contribution is 2.31. The number of pyridine rings is 1. The lowest BCUT2D eigenvalue weighted by atomic mass is 9.85. The zero-order chi connectivity index (χ0) is 14.8. The molecule has 0 aromatic carbocycles. The first-order valence-corrected chi connectivity index (χ1v) is 7.87. The number of aromatic nitrogens is 1. The highest BCUT2D eigenvalue weighted by Gasteiger charge is 2.24. The van der Waals surface area contributed by atoms with Crippen LogP contribution in [0.3, 0.4) is 0 Å². The summed E-state index contributed by atoms with van der Waals surface area (Å²) in [5, 5.41) is 0. The molecule has 0 spiro atoms. The molecule has 0 atom stereocenters. The number of anilines is 1. The standard InChI is InChI=1S/C17H29N3/c1-13(2)15-10-14(12-18)11-16(19-15)20-8-5-6-17(3,4)7-9-20/h10-11,13H,5-9,12,18H2,1-4H3. The van der Waals surface area contributed by atoms with Crippen molar-refractivity contribution in [1.29, 1.82) is 0 Å². The average molecular weight is 275 g/mol. The van der Waals surface area contributed by atoms with Crippen LogP contribution in [0.4, 0.5) is 5.82 Å². The fourth-order valence-corrected chi connectivity index (χ4v) is 2.82. The first-order valence-electron chi connectivity index (χ1n) is 7.87. The molecule has 1 aliphatic heterocycles. The van der Waals surface area contributed by atoms with Crippen LogP contribution in [-0.2, 0) is 6.54 Å². The van der Waals surface area contributed by atoms with Gasteiger partial charge in [0.05, 0.1) is 0 Å². The lowest BCUT2D eigenvalue weighted by Crippen LogP contribution is -2.26. The van der Waals surface area contributed by atoms with E-state index in [1.54, 1.807) is 0 Å². The van der Waals surface area contributed by atoms with Crippen LogP contribution >= 0.6 is 0 Å². The molecule has 1 aromatic rings. The summed E-state index contributed by atoms with van der Waals surface area (Å²) in [6.45, 7) is 11.9. The van der Waals surface area contributed by atoms with Crippen molar-refractivity contribution in [2.75, 3.05) is 18.0 Å². The van der Waals surface area contributed by atoms with Gasteiger partial charge in [-0.1, -0.05) is 27.7 Å². The minimum absolute atomic E-state index is 0.448. The minimum Gasteiger partial charge on any atom is -0.357 e. The molecule has 0 amide bonds. The number of hydrogen-bond acceptors (Lipinski definition) is 3. The van der Waals surface area contributed by atoms with E-state index in [-0.39, 0.29) is 0 Å². The summed E-state index contributed by atoms with van der Waals surface area (Å²) < 4.78 is 0. The highest BCUT2D eigenvalue weighted by atomic mass is 15.2. The van der Waals surface area contributed by atoms with Crippen LogP contribution in [-0.4, -0.2) is 18.1 Å². The topological polar surface area (TPSA) is 42.1 Å². The maximum atomic E-state index is 5.84. The Morgan fingerprint density at radius 2 is 2.00 bits per heavy atom. The molecule has 0 unspecified atom stereocenters. The zero-order valence-corrected chi connectivity index (χ0v) is 13.4. The summed E-state index contributed by atoms with van der Waals surface area (Å²) >= 11 is 0. The summed E-state index contributed by atoms with van der Waals surface area (Å²) in [6, 6.07) is 4.32. The normalized spacial score (nSPS) is 19.2. The Bertz CT molecular complexity index is 452. The second-order valence-electron chi connectivity index (χ2n) is 7.12. The molecule has 2 rings (SSSR count). The first kappa shape index (κ1) is 15.3. The molecule has 3 nitrogen and oxygen atoms in total. The third kappa shape index (κ3) is 3.72. The Labute approximate surface area is 123 Å². The largest absolute Gasteiger partial charge is 0.357 e. The SMILES string of the molecule is CC(C)c1cc(CN)cc(N2CCCC(C)(C)CC2)n1. The maximum Gasteiger partial charge on any atom is 0.129 e. The average Bonchev–Trinajstić information content (AvgIpc) is 2.59. The maximum absolute atomic E-state index is 5.84. The summed E-state index contributed by atoms with van der Waals surface area (Å²) in [5.41, 5.74) is 8.66. The molecular formula is C17H29N3. The van der Waals surface area contributed by atoms with Gasteiger partial charge in [-0.25, -0.2) is 4.98 Å². The Morgan fingerprint density at radius 3 is 2.65 bits per heavy atom. The van der Waals surface area contributed by atoms with Crippen LogP contribution in [0.2, 0.25) is 0 Å². The quantitative estimate of drug-likeness (QED) is 0.915. The van der Waals surface area contributed by atoms with E-state index < -0.39 is 0 Å². The van der Waals surface area contributed by atoms with Gasteiger partial charge in [0.2, 0.25) is 0 Å². The summed E-state index contributed by atoms with van der Waals surface area (Å²) in [7, 11) is 0. The lowest BCUT2D eigenvalue weighted by molar-refractivity contribution is 0.325. The highest BCUT2D eigenvalue weighted by molar-refractivity contribution is 5.43. The van der Waals surface area contributed by atoms with E-state index in [1.165, 1.54) is 24.8 Å². The molecule has 0 radical (unpaired) electrons. The molecule has 2 heterocycles. The van der Waals surface area contributed by atoms with Crippen molar-refractivity contribution in [3.05, 3.63) is 23.4 Å². The van der Waals surface area contributed by atoms with Crippen molar-refractivity contribution in [3.63, 3.8) is 0 Å². The fourth-order valence-electron chi connectivity index (χ4n) is 2.82. The van der Waals surface area contributed by atoms with E-state index in [4.69, 9.17) is 10.7 Å². The van der Waals surface area contributed by atoms with Crippen LogP contribution < -0.4 is 10.6 Å². The van der Waals surface area contributed by atoms with Gasteiger partial charge in [0.1, 0.15) is 5.82 Å². The van der Waals surface area contributed by atoms with Gasteiger partial charge in [-0.2, -0.15) is 0 Å². The molecule has 20 heavy (non-hydrogen) atoms. The monoisotopic (exact) mass is 275 g/mol. The van der Waals surface area contributed by atoms with Crippen LogP contribution in [0.1, 0.15) is 64.1 Å². The number of hydrogen-bond donors (Lipinski definition) is 1. The second-order valence-corrected chi connectivity index (χ2v) is 7.12. The second kappa shape index (κ2) is 6.13. The van der Waals surface area contributed by atoms with Gasteiger partial charge in [-0.15, -0.1) is 0 Å². The molecule has 1 aromatic heterocycles. The van der Waals surface area contributed by atoms with Gasteiger partial charge >= 0.3 is 0 Å². The predicted octanol–water partition coefficient (Wildman–Crippen LogP) is 3.68. The lowest BCUT2D eigenvalue weighted by Gasteiger charge is -2.25. The van der Waals surface area contributed by atoms with Gasteiger partial charge in [0, 0.05) is 25.3 Å². The molecule has 0 bridgehead atoms. The molecular weight excluding hydrogens is 246 g/mol. The van der Waals surface area contributed by atoms with Gasteiger partial charge < -0.3 is 10.6 Å². The van der Waals surface area contributed by atoms with E-state index in [0.717, 1.165) is 24.6 Å². The minimum atomic E-state index is 0.448. The van der Waals surface area contributed by atoms with Gasteiger partial charge in [0.25, 0.3) is 0 Å². The van der Waals surface area contributed by atoms with Crippen molar-refractivity contribution in [2.24, 2.45) is 11.1 Å². The molecule has 2 N–H and O–H groups in total. The van der Waals surface area contributed by atoms with E-state index >= 15 is 0 Å². The van der Waals surface area contributed by atoms with Crippen LogP contribution in [0, 0.1) is 5.41 Å². The smallest absolute Gasteiger partial charge is 0.129 e. The summed E-state index contributed by atoms with van der Waals surface area (Å²) in [5.74, 6) is 1.57. The van der Waals surface area contributed by atoms with E-state index in [0.29, 0.717) is 17.9 Å². The van der Waals surface area contributed by atoms with Crippen molar-refractivity contribution in [1.82, 2.24) is 4.98 Å². The Morgan fingerprint density at radius 1 is 1.25 bits per heavy atom. The van der Waals surface area contributed by atoms with Crippen molar-refractivity contribution < 1.29 is 0 Å². The Balaban J connectivity index is 2.25. The molecule has 1 fully saturated rings. The van der Waals surface area contributed by atoms with Gasteiger partial charge in [0.15, 0.2) is 0 Å². The van der Waals surface area contributed by atoms with Crippen molar-refractivity contribution >= 4 is 5.82 Å². The van der Waals surface area contributed by atoms with E-state index in [1.807, 2.05) is 0 Å². The van der Waals surface area contributed by atoms with Gasteiger partial charge in [-0.05, 0) is 48.3 Å². The van der Waals surface area contributed by atoms with E-state index in [9.17, 15) is 0 Å². The molecule has 0 saturated carbocycles. The Hall–Kier alpha value is -1.09. The fraction of sp³-hybridized carbons (Fsp3) is 0.706. The molecule has 1 saturated heterocycles. The summed E-state index contributed by atoms with van der Waals surface area (Å²) in [4.78, 5) is 7.31. The molecule has 1 aliphatic rings. The number of nitrogens with two attached hydrogens (primary N) is 1. The first-order chi connectivity index (χ1) is 9.41. The molecule has 0 aliphatic carbocycles. The molecule has 112 valence electrons. The Kier molecular flexibility index (Phi) is 4.69. The zero-order valence-electron chi connectivity index (χ0n) is 13.4. The van der Waals surface area contributed by atoms with Crippen LogP contribution in [0.5, 0.6) is 0 Å². The number of rotatable bonds is 3. The summed E-state index contributed by atoms with van der Waals surface area (Å²) in [6.07, 6.45) is 3.79. The molecule has 3 heteroatoms.